The van der Waals surface area contributed by atoms with Gasteiger partial charge in [0.1, 0.15) is 0 Å². The number of aryl methyl sites for hydroxylation is 2. The summed E-state index contributed by atoms with van der Waals surface area (Å²) in [7, 11) is -3.58. The zero-order chi connectivity index (χ0) is 18.0. The van der Waals surface area contributed by atoms with Crippen molar-refractivity contribution in [2.45, 2.75) is 44.6 Å². The Morgan fingerprint density at radius 2 is 2.04 bits per heavy atom. The summed E-state index contributed by atoms with van der Waals surface area (Å²) in [6.07, 6.45) is 5.14. The number of likely N-dealkylation sites (N-methyl/N-ethyl adjacent to an activating group) is 1. The first-order valence-electron chi connectivity index (χ1n) is 8.69. The Bertz CT molecular complexity index is 821. The van der Waals surface area contributed by atoms with Gasteiger partial charge in [0.05, 0.1) is 23.5 Å². The molecule has 0 radical (unpaired) electrons. The summed E-state index contributed by atoms with van der Waals surface area (Å²) in [6.45, 7) is 7.25. The van der Waals surface area contributed by atoms with Crippen LogP contribution in [0.25, 0.3) is 11.1 Å². The fourth-order valence-electron chi connectivity index (χ4n) is 3.39. The van der Waals surface area contributed by atoms with Crippen LogP contribution in [0.3, 0.4) is 0 Å². The second kappa shape index (κ2) is 7.32. The standard InChI is InChI=1S/C19H25NO4S/c1-4-20(12-17-6-5-8-24-17)25(21,22)19-11-18(14(2)10-15(19)3)16-7-9-23-13-16/h7,9-11,13,17H,4-6,8,12H2,1-3H3. The Labute approximate surface area is 149 Å². The molecule has 2 aromatic rings. The van der Waals surface area contributed by atoms with Crippen molar-refractivity contribution in [2.24, 2.45) is 0 Å². The maximum absolute atomic E-state index is 13.3. The number of hydrogen-bond acceptors (Lipinski definition) is 4. The molecule has 1 unspecified atom stereocenters. The molecular weight excluding hydrogens is 338 g/mol. The van der Waals surface area contributed by atoms with Crippen LogP contribution < -0.4 is 0 Å². The third-order valence-electron chi connectivity index (χ3n) is 4.76. The van der Waals surface area contributed by atoms with Gasteiger partial charge in [-0.15, -0.1) is 0 Å². The Morgan fingerprint density at radius 3 is 2.64 bits per heavy atom. The second-order valence-corrected chi connectivity index (χ2v) is 8.44. The molecule has 0 spiro atoms. The highest BCUT2D eigenvalue weighted by Gasteiger charge is 2.29. The molecule has 0 bridgehead atoms. The van der Waals surface area contributed by atoms with Gasteiger partial charge in [-0.2, -0.15) is 4.31 Å². The first-order chi connectivity index (χ1) is 11.9. The highest BCUT2D eigenvalue weighted by molar-refractivity contribution is 7.89. The predicted octanol–water partition coefficient (Wildman–Crippen LogP) is 3.75. The van der Waals surface area contributed by atoms with Crippen LogP contribution in [0.15, 0.2) is 40.0 Å². The fourth-order valence-corrected chi connectivity index (χ4v) is 5.10. The first kappa shape index (κ1) is 18.2. The minimum atomic E-state index is -3.58. The molecule has 2 heterocycles. The lowest BCUT2D eigenvalue weighted by Crippen LogP contribution is -2.37. The largest absolute Gasteiger partial charge is 0.472 e. The molecule has 0 saturated carbocycles. The van der Waals surface area contributed by atoms with Crippen LogP contribution in [-0.4, -0.2) is 38.5 Å². The van der Waals surface area contributed by atoms with Crippen LogP contribution in [0, 0.1) is 13.8 Å². The molecular formula is C19H25NO4S. The Kier molecular flexibility index (Phi) is 5.32. The van der Waals surface area contributed by atoms with Gasteiger partial charge in [-0.1, -0.05) is 13.0 Å². The molecule has 1 saturated heterocycles. The van der Waals surface area contributed by atoms with Crippen LogP contribution in [0.2, 0.25) is 0 Å². The van der Waals surface area contributed by atoms with E-state index in [-0.39, 0.29) is 6.10 Å². The molecule has 5 nitrogen and oxygen atoms in total. The fraction of sp³-hybridized carbons (Fsp3) is 0.474. The summed E-state index contributed by atoms with van der Waals surface area (Å²) in [5.41, 5.74) is 3.55. The number of benzene rings is 1. The summed E-state index contributed by atoms with van der Waals surface area (Å²) in [4.78, 5) is 0.356. The minimum Gasteiger partial charge on any atom is -0.472 e. The van der Waals surface area contributed by atoms with Crippen molar-refractivity contribution in [2.75, 3.05) is 19.7 Å². The van der Waals surface area contributed by atoms with E-state index in [2.05, 4.69) is 0 Å². The number of rotatable bonds is 6. The molecule has 3 rings (SSSR count). The van der Waals surface area contributed by atoms with E-state index >= 15 is 0 Å². The van der Waals surface area contributed by atoms with Gasteiger partial charge in [0, 0.05) is 25.3 Å². The van der Waals surface area contributed by atoms with E-state index in [0.29, 0.717) is 18.0 Å². The Hall–Kier alpha value is -1.63. The summed E-state index contributed by atoms with van der Waals surface area (Å²) in [6, 6.07) is 5.54. The molecule has 0 aliphatic carbocycles. The predicted molar refractivity (Wildman–Crippen MR) is 97.0 cm³/mol. The molecule has 136 valence electrons. The SMILES string of the molecule is CCN(CC1CCCO1)S(=O)(=O)c1cc(-c2ccoc2)c(C)cc1C. The molecule has 1 atom stereocenters. The maximum atomic E-state index is 13.3. The van der Waals surface area contributed by atoms with Crippen molar-refractivity contribution < 1.29 is 17.6 Å². The quantitative estimate of drug-likeness (QED) is 0.784. The van der Waals surface area contributed by atoms with E-state index in [0.717, 1.165) is 41.7 Å². The van der Waals surface area contributed by atoms with Gasteiger partial charge in [0.25, 0.3) is 0 Å². The molecule has 0 N–H and O–H groups in total. The van der Waals surface area contributed by atoms with Crippen LogP contribution >= 0.6 is 0 Å². The molecule has 25 heavy (non-hydrogen) atoms. The van der Waals surface area contributed by atoms with Crippen LogP contribution in [0.4, 0.5) is 0 Å². The first-order valence-corrected chi connectivity index (χ1v) is 10.1. The molecule has 1 fully saturated rings. The van der Waals surface area contributed by atoms with Crippen molar-refractivity contribution in [1.29, 1.82) is 0 Å². The smallest absolute Gasteiger partial charge is 0.243 e. The zero-order valence-electron chi connectivity index (χ0n) is 15.0. The van der Waals surface area contributed by atoms with E-state index in [9.17, 15) is 8.42 Å². The summed E-state index contributed by atoms with van der Waals surface area (Å²) < 4.78 is 38.8. The topological polar surface area (TPSA) is 59.8 Å². The minimum absolute atomic E-state index is 0.00572. The van der Waals surface area contributed by atoms with Crippen LogP contribution in [0.5, 0.6) is 0 Å². The third kappa shape index (κ3) is 3.66. The number of sulfonamides is 1. The average Bonchev–Trinajstić information content (AvgIpc) is 3.25. The van der Waals surface area contributed by atoms with Gasteiger partial charge >= 0.3 is 0 Å². The van der Waals surface area contributed by atoms with Gasteiger partial charge < -0.3 is 9.15 Å². The van der Waals surface area contributed by atoms with Gasteiger partial charge in [-0.05, 0) is 55.5 Å². The molecule has 1 aliphatic rings. The summed E-state index contributed by atoms with van der Waals surface area (Å²) >= 11 is 0. The van der Waals surface area contributed by atoms with Crippen molar-refractivity contribution >= 4 is 10.0 Å². The number of nitrogens with zero attached hydrogens (tertiary/aromatic N) is 1. The van der Waals surface area contributed by atoms with Crippen molar-refractivity contribution in [3.63, 3.8) is 0 Å². The molecule has 0 amide bonds. The number of furan rings is 1. The lowest BCUT2D eigenvalue weighted by molar-refractivity contribution is 0.0946. The molecule has 1 aromatic carbocycles. The average molecular weight is 363 g/mol. The van der Waals surface area contributed by atoms with Gasteiger partial charge in [-0.3, -0.25) is 0 Å². The number of hydrogen-bond donors (Lipinski definition) is 0. The molecule has 1 aliphatic heterocycles. The summed E-state index contributed by atoms with van der Waals surface area (Å²) in [5, 5.41) is 0. The molecule has 1 aromatic heterocycles. The van der Waals surface area contributed by atoms with Crippen molar-refractivity contribution in [1.82, 2.24) is 4.31 Å². The van der Waals surface area contributed by atoms with E-state index < -0.39 is 10.0 Å². The molecule has 6 heteroatoms. The van der Waals surface area contributed by atoms with Gasteiger partial charge in [-0.25, -0.2) is 8.42 Å². The van der Waals surface area contributed by atoms with Crippen LogP contribution in [0.1, 0.15) is 30.9 Å². The van der Waals surface area contributed by atoms with Crippen molar-refractivity contribution in [3.8, 4) is 11.1 Å². The second-order valence-electron chi connectivity index (χ2n) is 6.54. The Morgan fingerprint density at radius 1 is 1.24 bits per heavy atom. The van der Waals surface area contributed by atoms with Crippen molar-refractivity contribution in [3.05, 3.63) is 41.9 Å². The lowest BCUT2D eigenvalue weighted by atomic mass is 10.0. The van der Waals surface area contributed by atoms with E-state index in [1.54, 1.807) is 18.6 Å². The third-order valence-corrected chi connectivity index (χ3v) is 6.84. The van der Waals surface area contributed by atoms with E-state index in [4.69, 9.17) is 9.15 Å². The highest BCUT2D eigenvalue weighted by Crippen LogP contribution is 2.31. The van der Waals surface area contributed by atoms with E-state index in [1.807, 2.05) is 32.9 Å². The normalized spacial score (nSPS) is 18.2. The van der Waals surface area contributed by atoms with Gasteiger partial charge in [0.15, 0.2) is 0 Å². The zero-order valence-corrected chi connectivity index (χ0v) is 15.8. The monoisotopic (exact) mass is 363 g/mol. The van der Waals surface area contributed by atoms with Gasteiger partial charge in [0.2, 0.25) is 10.0 Å². The Balaban J connectivity index is 1.99. The van der Waals surface area contributed by atoms with Crippen LogP contribution in [-0.2, 0) is 14.8 Å². The lowest BCUT2D eigenvalue weighted by Gasteiger charge is -2.25. The maximum Gasteiger partial charge on any atom is 0.243 e. The number of ether oxygens (including phenoxy) is 1. The summed E-state index contributed by atoms with van der Waals surface area (Å²) in [5.74, 6) is 0. The van der Waals surface area contributed by atoms with E-state index in [1.165, 1.54) is 4.31 Å². The highest BCUT2D eigenvalue weighted by atomic mass is 32.2.